The van der Waals surface area contributed by atoms with Crippen LogP contribution in [-0.2, 0) is 16.6 Å². The number of amides is 1. The van der Waals surface area contributed by atoms with Gasteiger partial charge in [0.15, 0.2) is 0 Å². The van der Waals surface area contributed by atoms with E-state index in [-0.39, 0.29) is 29.8 Å². The van der Waals surface area contributed by atoms with Gasteiger partial charge in [0.25, 0.3) is 0 Å². The molecular weight excluding hydrogens is 485 g/mol. The van der Waals surface area contributed by atoms with Crippen LogP contribution in [-0.4, -0.2) is 71.6 Å². The number of likely N-dealkylation sites (tertiary alicyclic amines) is 1. The number of carbonyl (C=O) groups excluding carboxylic acids is 1. The number of halogens is 3. The third kappa shape index (κ3) is 3.58. The van der Waals surface area contributed by atoms with Crippen LogP contribution in [0.1, 0.15) is 36.0 Å². The summed E-state index contributed by atoms with van der Waals surface area (Å²) in [4.78, 5) is 17.2. The van der Waals surface area contributed by atoms with Crippen molar-refractivity contribution in [2.45, 2.75) is 61.2 Å². The third-order valence-electron chi connectivity index (χ3n) is 8.95. The molecule has 0 radical (unpaired) electrons. The first-order chi connectivity index (χ1) is 17.5. The lowest BCUT2D eigenvalue weighted by molar-refractivity contribution is -0.274. The number of hydrogen-bond donors (Lipinski definition) is 1. The molecule has 6 nitrogen and oxygen atoms in total. The van der Waals surface area contributed by atoms with Gasteiger partial charge in [-0.15, -0.1) is 13.2 Å². The van der Waals surface area contributed by atoms with Crippen LogP contribution >= 0.6 is 0 Å². The van der Waals surface area contributed by atoms with Crippen molar-refractivity contribution in [3.8, 4) is 11.5 Å². The summed E-state index contributed by atoms with van der Waals surface area (Å²) in [5.41, 5.74) is 1.20. The fraction of sp³-hybridized carbons (Fsp3) is 0.464. The molecule has 5 atom stereocenters. The molecule has 9 heteroatoms. The summed E-state index contributed by atoms with van der Waals surface area (Å²) in [6, 6.07) is 11.3. The van der Waals surface area contributed by atoms with Crippen LogP contribution in [0.5, 0.6) is 11.5 Å². The summed E-state index contributed by atoms with van der Waals surface area (Å²) >= 11 is 0. The molecule has 2 heterocycles. The predicted molar refractivity (Wildman–Crippen MR) is 130 cm³/mol. The van der Waals surface area contributed by atoms with Gasteiger partial charge in [0.05, 0.1) is 17.1 Å². The number of aliphatic hydroxyl groups is 1. The SMILES string of the molecule is CN1CC[C@]23c4c5cccc4O[C@H]2[C@H](N(C)C(=O)C=Cc2cccc(OC(F)(F)F)c2)CC[C@@]3(O)[C@H]1C5. The molecule has 6 rings (SSSR count). The summed E-state index contributed by atoms with van der Waals surface area (Å²) in [7, 11) is 3.79. The quantitative estimate of drug-likeness (QED) is 0.627. The van der Waals surface area contributed by atoms with Gasteiger partial charge in [0.2, 0.25) is 5.91 Å². The van der Waals surface area contributed by atoms with E-state index in [4.69, 9.17) is 4.74 Å². The topological polar surface area (TPSA) is 62.2 Å². The van der Waals surface area contributed by atoms with Crippen molar-refractivity contribution in [3.05, 3.63) is 65.2 Å². The molecule has 2 fully saturated rings. The van der Waals surface area contributed by atoms with Gasteiger partial charge in [-0.1, -0.05) is 24.3 Å². The van der Waals surface area contributed by atoms with Crippen molar-refractivity contribution in [3.63, 3.8) is 0 Å². The first kappa shape index (κ1) is 24.3. The number of rotatable bonds is 4. The zero-order valence-electron chi connectivity index (χ0n) is 20.7. The van der Waals surface area contributed by atoms with E-state index in [9.17, 15) is 23.1 Å². The van der Waals surface area contributed by atoms with E-state index < -0.39 is 17.4 Å². The second-order valence-corrected chi connectivity index (χ2v) is 10.7. The minimum absolute atomic E-state index is 0.0127. The standard InChI is InChI=1S/C28H29F3N2O4/c1-32-14-13-26-24-18-6-4-8-21(24)36-25(26)20(11-12-27(26,35)22(32)16-18)33(2)23(34)10-9-17-5-3-7-19(15-17)37-28(29,30)31/h3-10,15,20,22,25,35H,11-14,16H2,1-2H3/t20-,22-,25+,26+,27-/m1/s1. The lowest BCUT2D eigenvalue weighted by atomic mass is 9.48. The van der Waals surface area contributed by atoms with Gasteiger partial charge >= 0.3 is 6.36 Å². The van der Waals surface area contributed by atoms with Crippen molar-refractivity contribution >= 4 is 12.0 Å². The Morgan fingerprint density at radius 2 is 2.03 bits per heavy atom. The minimum atomic E-state index is -4.79. The largest absolute Gasteiger partial charge is 0.573 e. The molecule has 4 aliphatic rings. The first-order valence-electron chi connectivity index (χ1n) is 12.6. The molecule has 1 amide bonds. The smallest absolute Gasteiger partial charge is 0.487 e. The summed E-state index contributed by atoms with van der Waals surface area (Å²) in [5.74, 6) is 0.172. The van der Waals surface area contributed by atoms with Crippen LogP contribution in [0.3, 0.4) is 0 Å². The van der Waals surface area contributed by atoms with Gasteiger partial charge < -0.3 is 24.4 Å². The van der Waals surface area contributed by atoms with E-state index in [2.05, 4.69) is 22.8 Å². The predicted octanol–water partition coefficient (Wildman–Crippen LogP) is 3.91. The number of nitrogens with zero attached hydrogens (tertiary/aromatic N) is 2. The lowest BCUT2D eigenvalue weighted by Gasteiger charge is -2.64. The highest BCUT2D eigenvalue weighted by atomic mass is 19.4. The molecule has 1 N–H and O–H groups in total. The summed E-state index contributed by atoms with van der Waals surface area (Å²) in [6.07, 6.45) is 0.319. The Hall–Kier alpha value is -3.04. The molecule has 1 spiro atoms. The van der Waals surface area contributed by atoms with Crippen molar-refractivity contribution in [2.24, 2.45) is 0 Å². The Labute approximate surface area is 213 Å². The van der Waals surface area contributed by atoms with Gasteiger partial charge in [-0.05, 0) is 74.7 Å². The highest BCUT2D eigenvalue weighted by Crippen LogP contribution is 2.64. The van der Waals surface area contributed by atoms with Crippen molar-refractivity contribution < 1.29 is 32.5 Å². The Balaban J connectivity index is 1.28. The number of carbonyl (C=O) groups is 1. The van der Waals surface area contributed by atoms with Crippen LogP contribution in [0.2, 0.25) is 0 Å². The number of hydrogen-bond acceptors (Lipinski definition) is 5. The van der Waals surface area contributed by atoms with E-state index >= 15 is 0 Å². The molecule has 196 valence electrons. The molecule has 0 unspecified atom stereocenters. The van der Waals surface area contributed by atoms with Crippen molar-refractivity contribution in [2.75, 3.05) is 20.6 Å². The summed E-state index contributed by atoms with van der Waals surface area (Å²) in [5, 5.41) is 12.2. The van der Waals surface area contributed by atoms with Crippen LogP contribution in [0.25, 0.3) is 6.08 Å². The molecule has 2 aliphatic heterocycles. The third-order valence-corrected chi connectivity index (χ3v) is 8.95. The maximum Gasteiger partial charge on any atom is 0.573 e. The van der Waals surface area contributed by atoms with Crippen molar-refractivity contribution in [1.29, 1.82) is 0 Å². The maximum absolute atomic E-state index is 13.3. The normalized spacial score (nSPS) is 32.1. The average molecular weight is 515 g/mol. The summed E-state index contributed by atoms with van der Waals surface area (Å²) < 4.78 is 48.2. The highest BCUT2D eigenvalue weighted by molar-refractivity contribution is 5.92. The number of benzene rings is 2. The second-order valence-electron chi connectivity index (χ2n) is 10.7. The highest BCUT2D eigenvalue weighted by Gasteiger charge is 2.72. The molecular formula is C28H29F3N2O4. The summed E-state index contributed by atoms with van der Waals surface area (Å²) in [6.45, 7) is 0.835. The molecule has 0 aromatic heterocycles. The van der Waals surface area contributed by atoms with Crippen LogP contribution in [0.4, 0.5) is 13.2 Å². The van der Waals surface area contributed by atoms with Gasteiger partial charge in [-0.3, -0.25) is 4.79 Å². The van der Waals surface area contributed by atoms with E-state index in [0.29, 0.717) is 18.4 Å². The number of likely N-dealkylation sites (N-methyl/N-ethyl adjacent to an activating group) is 2. The Morgan fingerprint density at radius 3 is 2.81 bits per heavy atom. The fourth-order valence-electron chi connectivity index (χ4n) is 7.36. The average Bonchev–Trinajstić information content (AvgIpc) is 3.18. The van der Waals surface area contributed by atoms with Gasteiger partial charge in [0, 0.05) is 24.7 Å². The van der Waals surface area contributed by atoms with E-state index in [1.165, 1.54) is 35.9 Å². The number of ether oxygens (including phenoxy) is 2. The van der Waals surface area contributed by atoms with Gasteiger partial charge in [-0.25, -0.2) is 0 Å². The number of alkyl halides is 3. The molecule has 2 bridgehead atoms. The molecule has 37 heavy (non-hydrogen) atoms. The monoisotopic (exact) mass is 514 g/mol. The molecule has 1 saturated heterocycles. The van der Waals surface area contributed by atoms with E-state index in [1.807, 2.05) is 12.1 Å². The lowest BCUT2D eigenvalue weighted by Crippen LogP contribution is -2.77. The van der Waals surface area contributed by atoms with E-state index in [1.54, 1.807) is 18.0 Å². The van der Waals surface area contributed by atoms with E-state index in [0.717, 1.165) is 30.7 Å². The van der Waals surface area contributed by atoms with Crippen LogP contribution in [0, 0.1) is 0 Å². The van der Waals surface area contributed by atoms with Crippen molar-refractivity contribution in [1.82, 2.24) is 9.80 Å². The number of piperidine rings is 1. The van der Waals surface area contributed by atoms with Crippen LogP contribution in [0.15, 0.2) is 48.5 Å². The molecule has 1 saturated carbocycles. The second kappa shape index (κ2) is 8.23. The van der Waals surface area contributed by atoms with Gasteiger partial charge in [0.1, 0.15) is 17.6 Å². The Morgan fingerprint density at radius 1 is 1.24 bits per heavy atom. The molecule has 2 aliphatic carbocycles. The minimum Gasteiger partial charge on any atom is -0.487 e. The first-order valence-corrected chi connectivity index (χ1v) is 12.6. The fourth-order valence-corrected chi connectivity index (χ4v) is 7.36. The zero-order valence-corrected chi connectivity index (χ0v) is 20.7. The zero-order chi connectivity index (χ0) is 26.2. The van der Waals surface area contributed by atoms with Crippen LogP contribution < -0.4 is 9.47 Å². The molecule has 2 aromatic rings. The Kier molecular flexibility index (Phi) is 5.41. The van der Waals surface area contributed by atoms with Gasteiger partial charge in [-0.2, -0.15) is 0 Å². The Bertz CT molecular complexity index is 1280. The molecule has 2 aromatic carbocycles. The maximum atomic E-state index is 13.3.